The number of aromatic nitrogens is 1. The lowest BCUT2D eigenvalue weighted by Crippen LogP contribution is -2.07. The third-order valence-corrected chi connectivity index (χ3v) is 2.58. The van der Waals surface area contributed by atoms with Gasteiger partial charge in [-0.2, -0.15) is 0 Å². The van der Waals surface area contributed by atoms with Crippen LogP contribution in [0, 0.1) is 10.1 Å². The van der Waals surface area contributed by atoms with Crippen LogP contribution in [0.1, 0.15) is 0 Å². The third-order valence-electron chi connectivity index (χ3n) is 2.58. The van der Waals surface area contributed by atoms with Crippen LogP contribution < -0.4 is 15.0 Å². The summed E-state index contributed by atoms with van der Waals surface area (Å²) in [5.74, 6) is 0.147. The molecule has 18 heavy (non-hydrogen) atoms. The summed E-state index contributed by atoms with van der Waals surface area (Å²) in [5, 5.41) is 11.5. The molecule has 0 spiro atoms. The first-order valence-corrected chi connectivity index (χ1v) is 5.01. The van der Waals surface area contributed by atoms with Gasteiger partial charge in [0.2, 0.25) is 5.75 Å². The molecule has 1 aromatic carbocycles. The van der Waals surface area contributed by atoms with E-state index in [0.29, 0.717) is 0 Å². The van der Waals surface area contributed by atoms with Gasteiger partial charge >= 0.3 is 5.69 Å². The molecule has 0 saturated heterocycles. The molecule has 2 aromatic rings. The molecule has 0 aliphatic heterocycles. The molecule has 0 aliphatic rings. The predicted octanol–water partition coefficient (Wildman–Crippen LogP) is 1.45. The van der Waals surface area contributed by atoms with Gasteiger partial charge < -0.3 is 14.5 Å². The number of methoxy groups -OCH3 is 2. The second-order valence-electron chi connectivity index (χ2n) is 3.49. The fraction of sp³-hybridized carbons (Fsp3) is 0.182. The topological polar surface area (TPSA) is 94.5 Å². The van der Waals surface area contributed by atoms with Gasteiger partial charge in [-0.15, -0.1) is 0 Å². The van der Waals surface area contributed by atoms with Crippen molar-refractivity contribution >= 4 is 16.5 Å². The summed E-state index contributed by atoms with van der Waals surface area (Å²) in [6, 6.07) is 2.87. The summed E-state index contributed by atoms with van der Waals surface area (Å²) in [4.78, 5) is 24.6. The number of hydrogen-bond acceptors (Lipinski definition) is 5. The molecule has 0 fully saturated rings. The van der Waals surface area contributed by atoms with Gasteiger partial charge in [0.15, 0.2) is 5.75 Å². The van der Waals surface area contributed by atoms with Crippen LogP contribution in [0.15, 0.2) is 23.1 Å². The normalized spacial score (nSPS) is 10.3. The average molecular weight is 250 g/mol. The number of ether oxygens (including phenoxy) is 2. The van der Waals surface area contributed by atoms with E-state index in [1.165, 1.54) is 32.5 Å². The zero-order chi connectivity index (χ0) is 13.3. The van der Waals surface area contributed by atoms with Gasteiger partial charge in [-0.3, -0.25) is 14.9 Å². The van der Waals surface area contributed by atoms with Crippen molar-refractivity contribution < 1.29 is 14.4 Å². The van der Waals surface area contributed by atoms with Gasteiger partial charge in [0.25, 0.3) is 5.56 Å². The Hall–Kier alpha value is -2.57. The van der Waals surface area contributed by atoms with E-state index in [1.807, 2.05) is 0 Å². The molecule has 0 bridgehead atoms. The number of nitro groups is 1. The van der Waals surface area contributed by atoms with Crippen molar-refractivity contribution in [2.75, 3.05) is 14.2 Å². The van der Waals surface area contributed by atoms with E-state index in [4.69, 9.17) is 9.47 Å². The lowest BCUT2D eigenvalue weighted by Gasteiger charge is -2.09. The van der Waals surface area contributed by atoms with Crippen molar-refractivity contribution in [3.05, 3.63) is 38.8 Å². The number of nitro benzene ring substituents is 1. The molecule has 2 rings (SSSR count). The Morgan fingerprint density at radius 1 is 1.28 bits per heavy atom. The maximum Gasteiger partial charge on any atom is 0.322 e. The Bertz CT molecular complexity index is 677. The highest BCUT2D eigenvalue weighted by atomic mass is 16.6. The van der Waals surface area contributed by atoms with Gasteiger partial charge in [-0.1, -0.05) is 0 Å². The van der Waals surface area contributed by atoms with Crippen molar-refractivity contribution in [1.82, 2.24) is 4.98 Å². The predicted molar refractivity (Wildman–Crippen MR) is 64.3 cm³/mol. The van der Waals surface area contributed by atoms with Gasteiger partial charge in [0.05, 0.1) is 29.9 Å². The third kappa shape index (κ3) is 1.65. The smallest absolute Gasteiger partial charge is 0.322 e. The standard InChI is InChI=1S/C11H10N2O5/c1-17-8-5-7-6(3-4-12-11(7)14)9(13(15)16)10(8)18-2/h3-5H,1-2H3,(H,12,14). The summed E-state index contributed by atoms with van der Waals surface area (Å²) in [6.07, 6.45) is 1.35. The van der Waals surface area contributed by atoms with Crippen molar-refractivity contribution in [2.24, 2.45) is 0 Å². The number of pyridine rings is 1. The highest BCUT2D eigenvalue weighted by molar-refractivity contribution is 5.95. The van der Waals surface area contributed by atoms with E-state index in [9.17, 15) is 14.9 Å². The number of nitrogens with zero attached hydrogens (tertiary/aromatic N) is 1. The Morgan fingerprint density at radius 2 is 2.00 bits per heavy atom. The highest BCUT2D eigenvalue weighted by Crippen LogP contribution is 2.41. The van der Waals surface area contributed by atoms with Crippen molar-refractivity contribution in [3.8, 4) is 11.5 Å². The van der Waals surface area contributed by atoms with Crippen LogP contribution in [0.2, 0.25) is 0 Å². The molecule has 0 saturated carbocycles. The van der Waals surface area contributed by atoms with Crippen LogP contribution in [0.3, 0.4) is 0 Å². The van der Waals surface area contributed by atoms with Crippen molar-refractivity contribution in [3.63, 3.8) is 0 Å². The van der Waals surface area contributed by atoms with E-state index < -0.39 is 10.5 Å². The maximum absolute atomic E-state index is 11.6. The molecule has 94 valence electrons. The zero-order valence-corrected chi connectivity index (χ0v) is 9.72. The molecule has 1 aromatic heterocycles. The van der Waals surface area contributed by atoms with E-state index in [-0.39, 0.29) is 28.0 Å². The molecule has 0 amide bonds. The Labute approximate surface area is 101 Å². The van der Waals surface area contributed by atoms with Crippen LogP contribution in [0.4, 0.5) is 5.69 Å². The van der Waals surface area contributed by atoms with Crippen molar-refractivity contribution in [1.29, 1.82) is 0 Å². The minimum Gasteiger partial charge on any atom is -0.493 e. The molecule has 7 heteroatoms. The van der Waals surface area contributed by atoms with E-state index in [1.54, 1.807) is 0 Å². The Balaban J connectivity index is 3.02. The molecular formula is C11H10N2O5. The molecule has 1 N–H and O–H groups in total. The summed E-state index contributed by atoms with van der Waals surface area (Å²) in [6.45, 7) is 0. The minimum absolute atomic E-state index is 0.000556. The molecular weight excluding hydrogens is 240 g/mol. The quantitative estimate of drug-likeness (QED) is 0.657. The Morgan fingerprint density at radius 3 is 2.56 bits per heavy atom. The first kappa shape index (κ1) is 11.9. The number of hydrogen-bond donors (Lipinski definition) is 1. The molecule has 1 heterocycles. The summed E-state index contributed by atoms with van der Waals surface area (Å²) < 4.78 is 10.0. The maximum atomic E-state index is 11.6. The van der Waals surface area contributed by atoms with Gasteiger partial charge in [0, 0.05) is 6.20 Å². The monoisotopic (exact) mass is 250 g/mol. The number of aromatic amines is 1. The van der Waals surface area contributed by atoms with Crippen LogP contribution >= 0.6 is 0 Å². The minimum atomic E-state index is -0.594. The first-order chi connectivity index (χ1) is 8.60. The average Bonchev–Trinajstić information content (AvgIpc) is 2.36. The van der Waals surface area contributed by atoms with Crippen molar-refractivity contribution in [2.45, 2.75) is 0 Å². The van der Waals surface area contributed by atoms with Crippen LogP contribution in [0.5, 0.6) is 11.5 Å². The van der Waals surface area contributed by atoms with Gasteiger partial charge in [0.1, 0.15) is 0 Å². The number of H-pyrrole nitrogens is 1. The SMILES string of the molecule is COc1cc2c(=O)[nH]ccc2c([N+](=O)[O-])c1OC. The molecule has 0 atom stereocenters. The number of nitrogens with one attached hydrogen (secondary N) is 1. The lowest BCUT2D eigenvalue weighted by atomic mass is 10.1. The summed E-state index contributed by atoms with van der Waals surface area (Å²) >= 11 is 0. The second-order valence-corrected chi connectivity index (χ2v) is 3.49. The summed E-state index contributed by atoms with van der Waals surface area (Å²) in [7, 11) is 2.66. The molecule has 0 aliphatic carbocycles. The fourth-order valence-corrected chi connectivity index (χ4v) is 1.81. The van der Waals surface area contributed by atoms with E-state index >= 15 is 0 Å². The van der Waals surface area contributed by atoms with E-state index in [2.05, 4.69) is 4.98 Å². The molecule has 7 nitrogen and oxygen atoms in total. The second kappa shape index (κ2) is 4.36. The summed E-state index contributed by atoms with van der Waals surface area (Å²) in [5.41, 5.74) is -0.700. The highest BCUT2D eigenvalue weighted by Gasteiger charge is 2.25. The first-order valence-electron chi connectivity index (χ1n) is 5.01. The van der Waals surface area contributed by atoms with E-state index in [0.717, 1.165) is 0 Å². The van der Waals surface area contributed by atoms with Crippen LogP contribution in [0.25, 0.3) is 10.8 Å². The van der Waals surface area contributed by atoms with Gasteiger partial charge in [-0.05, 0) is 12.1 Å². The number of rotatable bonds is 3. The molecule has 0 radical (unpaired) electrons. The number of benzene rings is 1. The van der Waals surface area contributed by atoms with Crippen LogP contribution in [-0.4, -0.2) is 24.1 Å². The number of fused-ring (bicyclic) bond motifs is 1. The molecule has 0 unspecified atom stereocenters. The largest absolute Gasteiger partial charge is 0.493 e. The van der Waals surface area contributed by atoms with Crippen LogP contribution in [-0.2, 0) is 0 Å². The van der Waals surface area contributed by atoms with Gasteiger partial charge in [-0.25, -0.2) is 0 Å². The Kier molecular flexibility index (Phi) is 2.88. The lowest BCUT2D eigenvalue weighted by molar-refractivity contribution is -0.384. The zero-order valence-electron chi connectivity index (χ0n) is 9.72. The fourth-order valence-electron chi connectivity index (χ4n) is 1.81.